The Labute approximate surface area is 126 Å². The van der Waals surface area contributed by atoms with Crippen molar-refractivity contribution in [3.8, 4) is 11.8 Å². The topological polar surface area (TPSA) is 62.1 Å². The van der Waals surface area contributed by atoms with Gasteiger partial charge in [-0.15, -0.1) is 0 Å². The van der Waals surface area contributed by atoms with E-state index in [2.05, 4.69) is 5.32 Å². The summed E-state index contributed by atoms with van der Waals surface area (Å²) in [5, 5.41) is 12.1. The predicted octanol–water partition coefficient (Wildman–Crippen LogP) is 3.33. The Kier molecular flexibility index (Phi) is 3.51. The van der Waals surface area contributed by atoms with Gasteiger partial charge in [0.2, 0.25) is 5.91 Å². The summed E-state index contributed by atoms with van der Waals surface area (Å²) in [6.07, 6.45) is 0. The van der Waals surface area contributed by atoms with Gasteiger partial charge in [0.15, 0.2) is 0 Å². The van der Waals surface area contributed by atoms with Crippen LogP contribution < -0.4 is 10.1 Å². The number of hydrogen-bond donors (Lipinski definition) is 1. The zero-order chi connectivity index (χ0) is 14.8. The zero-order valence-corrected chi connectivity index (χ0v) is 11.7. The third-order valence-corrected chi connectivity index (χ3v) is 3.70. The second kappa shape index (κ2) is 5.47. The molecule has 3 rings (SSSR count). The average Bonchev–Trinajstić information content (AvgIpc) is 2.93. The highest BCUT2D eigenvalue weighted by Gasteiger charge is 2.30. The summed E-state index contributed by atoms with van der Waals surface area (Å²) in [6.45, 7) is 0.306. The first-order valence-corrected chi connectivity index (χ1v) is 6.79. The molecule has 104 valence electrons. The number of anilines is 1. The third-order valence-electron chi connectivity index (χ3n) is 3.37. The van der Waals surface area contributed by atoms with Crippen molar-refractivity contribution in [2.24, 2.45) is 0 Å². The highest BCUT2D eigenvalue weighted by Crippen LogP contribution is 2.34. The van der Waals surface area contributed by atoms with E-state index in [-0.39, 0.29) is 11.8 Å². The SMILES string of the molecule is N#Cc1ccc(Cl)c(NC(=O)C2COc3ccccc32)c1. The summed E-state index contributed by atoms with van der Waals surface area (Å²) in [7, 11) is 0. The highest BCUT2D eigenvalue weighted by atomic mass is 35.5. The van der Waals surface area contributed by atoms with Crippen LogP contribution >= 0.6 is 11.6 Å². The van der Waals surface area contributed by atoms with Gasteiger partial charge in [0.05, 0.1) is 22.3 Å². The summed E-state index contributed by atoms with van der Waals surface area (Å²) >= 11 is 6.05. The first-order chi connectivity index (χ1) is 10.2. The molecule has 1 unspecified atom stereocenters. The highest BCUT2D eigenvalue weighted by molar-refractivity contribution is 6.33. The minimum atomic E-state index is -0.372. The fourth-order valence-electron chi connectivity index (χ4n) is 2.29. The van der Waals surface area contributed by atoms with Crippen LogP contribution in [0.3, 0.4) is 0 Å². The maximum absolute atomic E-state index is 12.4. The summed E-state index contributed by atoms with van der Waals surface area (Å²) in [5.74, 6) is 0.162. The Balaban J connectivity index is 1.84. The fraction of sp³-hybridized carbons (Fsp3) is 0.125. The minimum absolute atomic E-state index is 0.197. The molecular weight excluding hydrogens is 288 g/mol. The molecular formula is C16H11ClN2O2. The standard InChI is InChI=1S/C16H11ClN2O2/c17-13-6-5-10(8-18)7-14(13)19-16(20)12-9-21-15-4-2-1-3-11(12)15/h1-7,12H,9H2,(H,19,20). The van der Waals surface area contributed by atoms with E-state index in [0.29, 0.717) is 22.9 Å². The van der Waals surface area contributed by atoms with Gasteiger partial charge in [-0.25, -0.2) is 0 Å². The molecule has 0 radical (unpaired) electrons. The van der Waals surface area contributed by atoms with E-state index in [9.17, 15) is 4.79 Å². The van der Waals surface area contributed by atoms with Crippen molar-refractivity contribution in [2.75, 3.05) is 11.9 Å². The molecule has 0 fully saturated rings. The molecule has 2 aromatic carbocycles. The monoisotopic (exact) mass is 298 g/mol. The Hall–Kier alpha value is -2.51. The number of nitrogens with zero attached hydrogens (tertiary/aromatic N) is 1. The molecule has 1 atom stereocenters. The van der Waals surface area contributed by atoms with Crippen LogP contribution in [0.25, 0.3) is 0 Å². The molecule has 2 aromatic rings. The van der Waals surface area contributed by atoms with Gasteiger partial charge in [0.25, 0.3) is 0 Å². The van der Waals surface area contributed by atoms with Crippen LogP contribution in [0.4, 0.5) is 5.69 Å². The first kappa shape index (κ1) is 13.5. The number of fused-ring (bicyclic) bond motifs is 1. The van der Waals surface area contributed by atoms with E-state index in [4.69, 9.17) is 21.6 Å². The lowest BCUT2D eigenvalue weighted by Gasteiger charge is -2.11. The van der Waals surface area contributed by atoms with E-state index >= 15 is 0 Å². The Morgan fingerprint density at radius 1 is 1.33 bits per heavy atom. The van der Waals surface area contributed by atoms with Gasteiger partial charge < -0.3 is 10.1 Å². The van der Waals surface area contributed by atoms with Crippen molar-refractivity contribution in [3.05, 3.63) is 58.6 Å². The molecule has 1 N–H and O–H groups in total. The van der Waals surface area contributed by atoms with Crippen LogP contribution in [0, 0.1) is 11.3 Å². The fourth-order valence-corrected chi connectivity index (χ4v) is 2.45. The summed E-state index contributed by atoms with van der Waals surface area (Å²) in [4.78, 5) is 12.4. The number of amides is 1. The minimum Gasteiger partial charge on any atom is -0.492 e. The second-order valence-corrected chi connectivity index (χ2v) is 5.10. The molecule has 1 heterocycles. The summed E-state index contributed by atoms with van der Waals surface area (Å²) in [5.41, 5.74) is 1.74. The largest absolute Gasteiger partial charge is 0.492 e. The summed E-state index contributed by atoms with van der Waals surface area (Å²) in [6, 6.07) is 14.2. The number of nitriles is 1. The number of rotatable bonds is 2. The van der Waals surface area contributed by atoms with E-state index < -0.39 is 0 Å². The van der Waals surface area contributed by atoms with Gasteiger partial charge in [-0.3, -0.25) is 4.79 Å². The number of carbonyl (C=O) groups excluding carboxylic acids is 1. The third kappa shape index (κ3) is 2.56. The van der Waals surface area contributed by atoms with Gasteiger partial charge in [-0.2, -0.15) is 5.26 Å². The average molecular weight is 299 g/mol. The number of ether oxygens (including phenoxy) is 1. The van der Waals surface area contributed by atoms with Gasteiger partial charge in [0, 0.05) is 5.56 Å². The normalized spacial score (nSPS) is 15.7. The molecule has 0 saturated carbocycles. The Bertz CT molecular complexity index is 752. The molecule has 1 amide bonds. The van der Waals surface area contributed by atoms with Gasteiger partial charge in [-0.05, 0) is 24.3 Å². The quantitative estimate of drug-likeness (QED) is 0.925. The van der Waals surface area contributed by atoms with Crippen LogP contribution in [0.2, 0.25) is 5.02 Å². The maximum Gasteiger partial charge on any atom is 0.235 e. The summed E-state index contributed by atoms with van der Waals surface area (Å²) < 4.78 is 5.50. The first-order valence-electron chi connectivity index (χ1n) is 6.41. The number of halogens is 1. The van der Waals surface area contributed by atoms with E-state index in [1.165, 1.54) is 0 Å². The van der Waals surface area contributed by atoms with Crippen LogP contribution in [0.1, 0.15) is 17.0 Å². The zero-order valence-electron chi connectivity index (χ0n) is 11.0. The number of para-hydroxylation sites is 1. The van der Waals surface area contributed by atoms with Gasteiger partial charge >= 0.3 is 0 Å². The predicted molar refractivity (Wildman–Crippen MR) is 79.5 cm³/mol. The molecule has 21 heavy (non-hydrogen) atoms. The van der Waals surface area contributed by atoms with Crippen molar-refractivity contribution in [1.29, 1.82) is 5.26 Å². The number of benzene rings is 2. The molecule has 0 spiro atoms. The Morgan fingerprint density at radius 2 is 2.14 bits per heavy atom. The smallest absolute Gasteiger partial charge is 0.235 e. The molecule has 0 saturated heterocycles. The van der Waals surface area contributed by atoms with Crippen molar-refractivity contribution in [2.45, 2.75) is 5.92 Å². The van der Waals surface area contributed by atoms with Crippen molar-refractivity contribution < 1.29 is 9.53 Å². The van der Waals surface area contributed by atoms with Crippen LogP contribution in [-0.2, 0) is 4.79 Å². The molecule has 0 aromatic heterocycles. The van der Waals surface area contributed by atoms with E-state index in [1.54, 1.807) is 18.2 Å². The lowest BCUT2D eigenvalue weighted by molar-refractivity contribution is -0.117. The number of nitrogens with one attached hydrogen (secondary N) is 1. The maximum atomic E-state index is 12.4. The van der Waals surface area contributed by atoms with Crippen molar-refractivity contribution in [1.82, 2.24) is 0 Å². The number of hydrogen-bond acceptors (Lipinski definition) is 3. The van der Waals surface area contributed by atoms with Crippen LogP contribution in [0.5, 0.6) is 5.75 Å². The van der Waals surface area contributed by atoms with E-state index in [0.717, 1.165) is 11.3 Å². The van der Waals surface area contributed by atoms with Gasteiger partial charge in [0.1, 0.15) is 18.3 Å². The lowest BCUT2D eigenvalue weighted by Crippen LogP contribution is -2.22. The molecule has 1 aliphatic heterocycles. The lowest BCUT2D eigenvalue weighted by atomic mass is 10.0. The number of carbonyl (C=O) groups is 1. The van der Waals surface area contributed by atoms with Crippen molar-refractivity contribution in [3.63, 3.8) is 0 Å². The second-order valence-electron chi connectivity index (χ2n) is 4.70. The Morgan fingerprint density at radius 3 is 2.95 bits per heavy atom. The van der Waals surface area contributed by atoms with Gasteiger partial charge in [-0.1, -0.05) is 29.8 Å². The van der Waals surface area contributed by atoms with Crippen LogP contribution in [-0.4, -0.2) is 12.5 Å². The molecule has 0 aliphatic carbocycles. The van der Waals surface area contributed by atoms with E-state index in [1.807, 2.05) is 30.3 Å². The molecule has 4 nitrogen and oxygen atoms in total. The molecule has 0 bridgehead atoms. The molecule has 5 heteroatoms. The van der Waals surface area contributed by atoms with Crippen molar-refractivity contribution >= 4 is 23.2 Å². The van der Waals surface area contributed by atoms with Crippen LogP contribution in [0.15, 0.2) is 42.5 Å². The molecule has 1 aliphatic rings.